The van der Waals surface area contributed by atoms with Gasteiger partial charge in [-0.25, -0.2) is 0 Å². The van der Waals surface area contributed by atoms with Crippen LogP contribution in [0.4, 0.5) is 0 Å². The van der Waals surface area contributed by atoms with Crippen molar-refractivity contribution < 1.29 is 0 Å². The van der Waals surface area contributed by atoms with Crippen LogP contribution < -0.4 is 5.32 Å². The summed E-state index contributed by atoms with van der Waals surface area (Å²) in [6.45, 7) is 7.56. The van der Waals surface area contributed by atoms with Crippen LogP contribution in [0, 0.1) is 0 Å². The normalized spacial score (nSPS) is 11.7. The lowest BCUT2D eigenvalue weighted by Gasteiger charge is -2.25. The molecule has 2 aromatic rings. The van der Waals surface area contributed by atoms with Gasteiger partial charge < -0.3 is 5.32 Å². The minimum atomic E-state index is 0.167. The SMILES string of the molecule is CCCC(C)(C)NCc1cn[nH]c1-c1ccccc1. The van der Waals surface area contributed by atoms with E-state index in [1.165, 1.54) is 24.0 Å². The first kappa shape index (κ1) is 13.8. The van der Waals surface area contributed by atoms with Crippen molar-refractivity contribution >= 4 is 0 Å². The minimum Gasteiger partial charge on any atom is -0.308 e. The Morgan fingerprint density at radius 1 is 1.21 bits per heavy atom. The average Bonchev–Trinajstić information content (AvgIpc) is 2.86. The highest BCUT2D eigenvalue weighted by atomic mass is 15.1. The van der Waals surface area contributed by atoms with Crippen molar-refractivity contribution in [1.29, 1.82) is 0 Å². The first-order valence-electron chi connectivity index (χ1n) is 6.95. The summed E-state index contributed by atoms with van der Waals surface area (Å²) in [7, 11) is 0. The van der Waals surface area contributed by atoms with Gasteiger partial charge in [0.25, 0.3) is 0 Å². The molecule has 0 aliphatic carbocycles. The van der Waals surface area contributed by atoms with Gasteiger partial charge in [-0.15, -0.1) is 0 Å². The van der Waals surface area contributed by atoms with Gasteiger partial charge in [-0.1, -0.05) is 43.7 Å². The average molecular weight is 257 g/mol. The van der Waals surface area contributed by atoms with Gasteiger partial charge in [0, 0.05) is 17.6 Å². The molecule has 3 nitrogen and oxygen atoms in total. The molecule has 0 fully saturated rings. The number of hydrogen-bond donors (Lipinski definition) is 2. The smallest absolute Gasteiger partial charge is 0.0695 e. The second-order valence-corrected chi connectivity index (χ2v) is 5.62. The number of H-pyrrole nitrogens is 1. The molecule has 0 radical (unpaired) electrons. The molecule has 0 saturated carbocycles. The molecule has 1 heterocycles. The summed E-state index contributed by atoms with van der Waals surface area (Å²) in [6, 6.07) is 10.3. The lowest BCUT2D eigenvalue weighted by molar-refractivity contribution is 0.357. The molecule has 0 aliphatic rings. The van der Waals surface area contributed by atoms with Crippen molar-refractivity contribution in [1.82, 2.24) is 15.5 Å². The second-order valence-electron chi connectivity index (χ2n) is 5.62. The number of hydrogen-bond acceptors (Lipinski definition) is 2. The van der Waals surface area contributed by atoms with E-state index in [0.717, 1.165) is 12.2 Å². The maximum atomic E-state index is 4.18. The summed E-state index contributed by atoms with van der Waals surface area (Å²) in [5, 5.41) is 10.9. The Balaban J connectivity index is 2.09. The molecule has 0 atom stereocenters. The van der Waals surface area contributed by atoms with Crippen LogP contribution >= 0.6 is 0 Å². The third-order valence-electron chi connectivity index (χ3n) is 3.41. The fourth-order valence-corrected chi connectivity index (χ4v) is 2.35. The van der Waals surface area contributed by atoms with Crippen molar-refractivity contribution in [3.05, 3.63) is 42.1 Å². The summed E-state index contributed by atoms with van der Waals surface area (Å²) in [6.07, 6.45) is 4.28. The van der Waals surface area contributed by atoms with E-state index in [1.54, 1.807) is 0 Å². The van der Waals surface area contributed by atoms with E-state index in [1.807, 2.05) is 12.3 Å². The van der Waals surface area contributed by atoms with Gasteiger partial charge >= 0.3 is 0 Å². The van der Waals surface area contributed by atoms with Gasteiger partial charge in [0.1, 0.15) is 0 Å². The maximum Gasteiger partial charge on any atom is 0.0695 e. The van der Waals surface area contributed by atoms with Crippen LogP contribution in [0.2, 0.25) is 0 Å². The molecule has 3 heteroatoms. The first-order chi connectivity index (χ1) is 9.12. The van der Waals surface area contributed by atoms with Crippen LogP contribution in [-0.4, -0.2) is 15.7 Å². The van der Waals surface area contributed by atoms with Crippen molar-refractivity contribution in [2.45, 2.75) is 45.7 Å². The van der Waals surface area contributed by atoms with E-state index in [2.05, 4.69) is 60.6 Å². The molecule has 0 unspecified atom stereocenters. The maximum absolute atomic E-state index is 4.18. The van der Waals surface area contributed by atoms with Crippen LogP contribution in [0.1, 0.15) is 39.2 Å². The fourth-order valence-electron chi connectivity index (χ4n) is 2.35. The number of rotatable bonds is 6. The summed E-state index contributed by atoms with van der Waals surface area (Å²) >= 11 is 0. The van der Waals surface area contributed by atoms with E-state index in [-0.39, 0.29) is 5.54 Å². The molecule has 0 amide bonds. The third kappa shape index (κ3) is 3.67. The lowest BCUT2D eigenvalue weighted by Crippen LogP contribution is -2.38. The Morgan fingerprint density at radius 2 is 1.95 bits per heavy atom. The number of nitrogens with one attached hydrogen (secondary N) is 2. The zero-order valence-corrected chi connectivity index (χ0v) is 12.0. The molecule has 2 rings (SSSR count). The molecule has 1 aromatic carbocycles. The molecule has 0 aliphatic heterocycles. The molecular weight excluding hydrogens is 234 g/mol. The van der Waals surface area contributed by atoms with Crippen molar-refractivity contribution in [3.8, 4) is 11.3 Å². The monoisotopic (exact) mass is 257 g/mol. The van der Waals surface area contributed by atoms with Gasteiger partial charge in [-0.05, 0) is 25.8 Å². The lowest BCUT2D eigenvalue weighted by atomic mass is 9.98. The predicted octanol–water partition coefficient (Wildman–Crippen LogP) is 3.75. The Morgan fingerprint density at radius 3 is 2.63 bits per heavy atom. The van der Waals surface area contributed by atoms with Crippen LogP contribution in [0.5, 0.6) is 0 Å². The van der Waals surface area contributed by atoms with E-state index in [9.17, 15) is 0 Å². The van der Waals surface area contributed by atoms with Gasteiger partial charge in [0.2, 0.25) is 0 Å². The second kappa shape index (κ2) is 6.02. The van der Waals surface area contributed by atoms with Crippen molar-refractivity contribution in [3.63, 3.8) is 0 Å². The van der Waals surface area contributed by atoms with Crippen LogP contribution in [-0.2, 0) is 6.54 Å². The zero-order valence-electron chi connectivity index (χ0n) is 12.0. The third-order valence-corrected chi connectivity index (χ3v) is 3.41. The zero-order chi connectivity index (χ0) is 13.7. The van der Waals surface area contributed by atoms with Crippen LogP contribution in [0.25, 0.3) is 11.3 Å². The van der Waals surface area contributed by atoms with Gasteiger partial charge in [-0.3, -0.25) is 5.10 Å². The Bertz CT molecular complexity index is 500. The largest absolute Gasteiger partial charge is 0.308 e. The molecular formula is C16H23N3. The van der Waals surface area contributed by atoms with Crippen LogP contribution in [0.3, 0.4) is 0 Å². The standard InChI is InChI=1S/C16H23N3/c1-4-10-16(2,3)17-11-14-12-18-19-15(14)13-8-6-5-7-9-13/h5-9,12,17H,4,10-11H2,1-3H3,(H,18,19). The number of benzene rings is 1. The van der Waals surface area contributed by atoms with E-state index >= 15 is 0 Å². The molecule has 2 N–H and O–H groups in total. The summed E-state index contributed by atoms with van der Waals surface area (Å²) < 4.78 is 0. The molecule has 0 spiro atoms. The van der Waals surface area contributed by atoms with E-state index < -0.39 is 0 Å². The van der Waals surface area contributed by atoms with E-state index in [0.29, 0.717) is 0 Å². The Labute approximate surface area is 115 Å². The highest BCUT2D eigenvalue weighted by molar-refractivity contribution is 5.62. The first-order valence-corrected chi connectivity index (χ1v) is 6.95. The fraction of sp³-hybridized carbons (Fsp3) is 0.438. The summed E-state index contributed by atoms with van der Waals surface area (Å²) in [5.74, 6) is 0. The molecule has 0 bridgehead atoms. The van der Waals surface area contributed by atoms with Crippen LogP contribution in [0.15, 0.2) is 36.5 Å². The van der Waals surface area contributed by atoms with Gasteiger partial charge in [0.15, 0.2) is 0 Å². The number of aromatic amines is 1. The van der Waals surface area contributed by atoms with Crippen molar-refractivity contribution in [2.75, 3.05) is 0 Å². The molecule has 19 heavy (non-hydrogen) atoms. The quantitative estimate of drug-likeness (QED) is 0.827. The molecule has 102 valence electrons. The van der Waals surface area contributed by atoms with Crippen molar-refractivity contribution in [2.24, 2.45) is 0 Å². The highest BCUT2D eigenvalue weighted by Crippen LogP contribution is 2.21. The topological polar surface area (TPSA) is 40.7 Å². The van der Waals surface area contributed by atoms with Gasteiger partial charge in [-0.2, -0.15) is 5.10 Å². The molecule has 1 aromatic heterocycles. The van der Waals surface area contributed by atoms with Gasteiger partial charge in [0.05, 0.1) is 11.9 Å². The predicted molar refractivity (Wildman–Crippen MR) is 79.9 cm³/mol. The van der Waals surface area contributed by atoms with E-state index in [4.69, 9.17) is 0 Å². The molecule has 0 saturated heterocycles. The number of aromatic nitrogens is 2. The highest BCUT2D eigenvalue weighted by Gasteiger charge is 2.16. The Hall–Kier alpha value is -1.61. The number of nitrogens with zero attached hydrogens (tertiary/aromatic N) is 1. The minimum absolute atomic E-state index is 0.167. The summed E-state index contributed by atoms with van der Waals surface area (Å²) in [4.78, 5) is 0. The summed E-state index contributed by atoms with van der Waals surface area (Å²) in [5.41, 5.74) is 3.68. The Kier molecular flexibility index (Phi) is 4.38.